The van der Waals surface area contributed by atoms with Gasteiger partial charge in [0, 0.05) is 32.0 Å². The van der Waals surface area contributed by atoms with E-state index in [0.717, 1.165) is 45.4 Å². The van der Waals surface area contributed by atoms with Gasteiger partial charge in [-0.3, -0.25) is 9.59 Å². The van der Waals surface area contributed by atoms with Crippen molar-refractivity contribution in [1.82, 2.24) is 15.5 Å². The van der Waals surface area contributed by atoms with Crippen LogP contribution in [0.5, 0.6) is 0 Å². The van der Waals surface area contributed by atoms with Crippen LogP contribution in [0.2, 0.25) is 0 Å². The van der Waals surface area contributed by atoms with E-state index >= 15 is 0 Å². The van der Waals surface area contributed by atoms with Crippen molar-refractivity contribution in [2.75, 3.05) is 26.2 Å². The maximum Gasteiger partial charge on any atom is 0.223 e. The fourth-order valence-corrected chi connectivity index (χ4v) is 2.79. The van der Waals surface area contributed by atoms with Gasteiger partial charge in [0.25, 0.3) is 0 Å². The Kier molecular flexibility index (Phi) is 11.3. The summed E-state index contributed by atoms with van der Waals surface area (Å²) in [7, 11) is 0. The first-order chi connectivity index (χ1) is 10.1. The molecule has 1 heterocycles. The Balaban J connectivity index is 0.00000441. The highest BCUT2D eigenvalue weighted by molar-refractivity contribution is 5.85. The lowest BCUT2D eigenvalue weighted by Crippen LogP contribution is -2.48. The third-order valence-corrected chi connectivity index (χ3v) is 4.04. The summed E-state index contributed by atoms with van der Waals surface area (Å²) in [5, 5.41) is 6.40. The molecule has 1 fully saturated rings. The van der Waals surface area contributed by atoms with E-state index in [-0.39, 0.29) is 30.3 Å². The van der Waals surface area contributed by atoms with Crippen LogP contribution < -0.4 is 10.6 Å². The Morgan fingerprint density at radius 1 is 1.18 bits per heavy atom. The Morgan fingerprint density at radius 3 is 2.36 bits per heavy atom. The maximum atomic E-state index is 12.1. The van der Waals surface area contributed by atoms with Crippen LogP contribution in [-0.2, 0) is 9.59 Å². The summed E-state index contributed by atoms with van der Waals surface area (Å²) < 4.78 is 0. The lowest BCUT2D eigenvalue weighted by Gasteiger charge is -2.30. The predicted molar refractivity (Wildman–Crippen MR) is 92.2 cm³/mol. The van der Waals surface area contributed by atoms with Gasteiger partial charge in [-0.2, -0.15) is 0 Å². The van der Waals surface area contributed by atoms with Crippen LogP contribution in [0.25, 0.3) is 0 Å². The van der Waals surface area contributed by atoms with Gasteiger partial charge in [-0.05, 0) is 38.3 Å². The normalized spacial score (nSPS) is 20.9. The van der Waals surface area contributed by atoms with Crippen LogP contribution in [0.3, 0.4) is 0 Å². The van der Waals surface area contributed by atoms with Crippen LogP contribution in [0.1, 0.15) is 52.9 Å². The average molecular weight is 334 g/mol. The molecule has 1 aliphatic heterocycles. The molecule has 0 spiro atoms. The van der Waals surface area contributed by atoms with Gasteiger partial charge in [0.2, 0.25) is 11.8 Å². The van der Waals surface area contributed by atoms with E-state index in [9.17, 15) is 9.59 Å². The van der Waals surface area contributed by atoms with Crippen molar-refractivity contribution < 1.29 is 9.59 Å². The van der Waals surface area contributed by atoms with Gasteiger partial charge in [-0.1, -0.05) is 20.8 Å². The molecule has 0 bridgehead atoms. The number of nitrogens with zero attached hydrogens (tertiary/aromatic N) is 1. The molecule has 130 valence electrons. The number of halogens is 1. The quantitative estimate of drug-likeness (QED) is 0.713. The van der Waals surface area contributed by atoms with Gasteiger partial charge >= 0.3 is 0 Å². The molecule has 2 atom stereocenters. The summed E-state index contributed by atoms with van der Waals surface area (Å²) in [6.07, 6.45) is 3.53. The van der Waals surface area contributed by atoms with E-state index in [1.165, 1.54) is 0 Å². The molecule has 0 aromatic heterocycles. The van der Waals surface area contributed by atoms with Crippen LogP contribution >= 0.6 is 12.4 Å². The number of carbonyl (C=O) groups is 2. The molecule has 1 saturated heterocycles. The molecular formula is C16H32ClN3O2. The van der Waals surface area contributed by atoms with Gasteiger partial charge < -0.3 is 15.5 Å². The minimum Gasteiger partial charge on any atom is -0.353 e. The van der Waals surface area contributed by atoms with Crippen LogP contribution in [0, 0.1) is 5.92 Å². The van der Waals surface area contributed by atoms with E-state index in [2.05, 4.69) is 31.4 Å². The average Bonchev–Trinajstić information content (AvgIpc) is 2.47. The summed E-state index contributed by atoms with van der Waals surface area (Å²) in [5.74, 6) is 0.567. The first kappa shape index (κ1) is 21.2. The number of nitrogens with one attached hydrogen (secondary N) is 2. The summed E-state index contributed by atoms with van der Waals surface area (Å²) in [4.78, 5) is 26.0. The lowest BCUT2D eigenvalue weighted by atomic mass is 9.95. The smallest absolute Gasteiger partial charge is 0.223 e. The van der Waals surface area contributed by atoms with Crippen molar-refractivity contribution in [2.24, 2.45) is 5.92 Å². The van der Waals surface area contributed by atoms with Gasteiger partial charge in [0.05, 0.1) is 0 Å². The second kappa shape index (κ2) is 11.7. The largest absolute Gasteiger partial charge is 0.353 e. The summed E-state index contributed by atoms with van der Waals surface area (Å²) in [6.45, 7) is 9.77. The van der Waals surface area contributed by atoms with Gasteiger partial charge in [0.15, 0.2) is 0 Å². The van der Waals surface area contributed by atoms with Crippen molar-refractivity contribution in [2.45, 2.75) is 58.9 Å². The minimum absolute atomic E-state index is 0. The molecule has 2 N–H and O–H groups in total. The predicted octanol–water partition coefficient (Wildman–Crippen LogP) is 1.95. The number of amides is 2. The summed E-state index contributed by atoms with van der Waals surface area (Å²) in [6, 6.07) is 0.247. The van der Waals surface area contributed by atoms with E-state index in [1.807, 2.05) is 4.90 Å². The third kappa shape index (κ3) is 7.45. The molecule has 0 aromatic carbocycles. The molecule has 0 aromatic rings. The highest BCUT2D eigenvalue weighted by atomic mass is 35.5. The highest BCUT2D eigenvalue weighted by Crippen LogP contribution is 2.11. The second-order valence-electron chi connectivity index (χ2n) is 6.02. The van der Waals surface area contributed by atoms with Crippen molar-refractivity contribution in [3.63, 3.8) is 0 Å². The zero-order chi connectivity index (χ0) is 15.7. The molecule has 2 amide bonds. The van der Waals surface area contributed by atoms with E-state index in [4.69, 9.17) is 0 Å². The third-order valence-electron chi connectivity index (χ3n) is 4.04. The fourth-order valence-electron chi connectivity index (χ4n) is 2.79. The van der Waals surface area contributed by atoms with Crippen molar-refractivity contribution >= 4 is 24.2 Å². The fraction of sp³-hybridized carbons (Fsp3) is 0.875. The van der Waals surface area contributed by atoms with Crippen molar-refractivity contribution in [1.29, 1.82) is 0 Å². The second-order valence-corrected chi connectivity index (χ2v) is 6.02. The molecule has 0 saturated carbocycles. The van der Waals surface area contributed by atoms with E-state index in [1.54, 1.807) is 0 Å². The lowest BCUT2D eigenvalue weighted by molar-refractivity contribution is -0.134. The van der Waals surface area contributed by atoms with Gasteiger partial charge in [-0.15, -0.1) is 12.4 Å². The topological polar surface area (TPSA) is 61.4 Å². The zero-order valence-electron chi connectivity index (χ0n) is 14.2. The first-order valence-electron chi connectivity index (χ1n) is 8.36. The standard InChI is InChI=1S/C16H31N3O2.ClH/c1-4-10-19(11-5-2)16(21)7-6-15(20)18-14-8-9-17-12-13(14)3;/h13-14,17H,4-12H2,1-3H3,(H,18,20);1H. The molecule has 1 rings (SSSR count). The molecule has 6 heteroatoms. The Morgan fingerprint density at radius 2 is 1.82 bits per heavy atom. The molecule has 5 nitrogen and oxygen atoms in total. The number of hydrogen-bond donors (Lipinski definition) is 2. The number of rotatable bonds is 8. The highest BCUT2D eigenvalue weighted by Gasteiger charge is 2.23. The number of hydrogen-bond acceptors (Lipinski definition) is 3. The van der Waals surface area contributed by atoms with Crippen LogP contribution in [0.15, 0.2) is 0 Å². The molecule has 0 aliphatic carbocycles. The Hall–Kier alpha value is -0.810. The molecule has 22 heavy (non-hydrogen) atoms. The number of carbonyl (C=O) groups excluding carboxylic acids is 2. The van der Waals surface area contributed by atoms with Crippen LogP contribution in [-0.4, -0.2) is 48.9 Å². The molecule has 0 radical (unpaired) electrons. The molecule has 1 aliphatic rings. The zero-order valence-corrected chi connectivity index (χ0v) is 15.0. The van der Waals surface area contributed by atoms with E-state index < -0.39 is 0 Å². The van der Waals surface area contributed by atoms with Gasteiger partial charge in [0.1, 0.15) is 0 Å². The van der Waals surface area contributed by atoms with Gasteiger partial charge in [-0.25, -0.2) is 0 Å². The monoisotopic (exact) mass is 333 g/mol. The van der Waals surface area contributed by atoms with Crippen molar-refractivity contribution in [3.8, 4) is 0 Å². The molecular weight excluding hydrogens is 302 g/mol. The minimum atomic E-state index is 0. The van der Waals surface area contributed by atoms with Crippen molar-refractivity contribution in [3.05, 3.63) is 0 Å². The number of piperidine rings is 1. The maximum absolute atomic E-state index is 12.1. The Bertz CT molecular complexity index is 333. The van der Waals surface area contributed by atoms with Crippen LogP contribution in [0.4, 0.5) is 0 Å². The van der Waals surface area contributed by atoms with E-state index in [0.29, 0.717) is 18.8 Å². The molecule has 2 unspecified atom stereocenters. The Labute approximate surface area is 141 Å². The SMILES string of the molecule is CCCN(CCC)C(=O)CCC(=O)NC1CCNCC1C.Cl. The first-order valence-corrected chi connectivity index (χ1v) is 8.36. The summed E-state index contributed by atoms with van der Waals surface area (Å²) >= 11 is 0. The summed E-state index contributed by atoms with van der Waals surface area (Å²) in [5.41, 5.74) is 0.